The van der Waals surface area contributed by atoms with E-state index in [9.17, 15) is 4.79 Å². The van der Waals surface area contributed by atoms with Crippen LogP contribution in [0.5, 0.6) is 0 Å². The molecule has 0 aromatic heterocycles. The van der Waals surface area contributed by atoms with Crippen LogP contribution < -0.4 is 0 Å². The molecule has 0 radical (unpaired) electrons. The second-order valence-corrected chi connectivity index (χ2v) is 3.60. The van der Waals surface area contributed by atoms with Crippen molar-refractivity contribution in [3.05, 3.63) is 11.8 Å². The third-order valence-corrected chi connectivity index (χ3v) is 1.82. The van der Waals surface area contributed by atoms with Crippen molar-refractivity contribution < 1.29 is 9.90 Å². The largest absolute Gasteiger partial charge is 0.515 e. The normalized spacial score (nSPS) is 27.8. The Morgan fingerprint density at radius 3 is 2.30 bits per heavy atom. The highest BCUT2D eigenvalue weighted by molar-refractivity contribution is 5.97. The van der Waals surface area contributed by atoms with Crippen molar-refractivity contribution in [3.63, 3.8) is 0 Å². The Morgan fingerprint density at radius 1 is 1.50 bits per heavy atom. The molecule has 1 N–H and O–H groups in total. The van der Waals surface area contributed by atoms with Crippen LogP contribution in [-0.4, -0.2) is 10.9 Å². The monoisotopic (exact) mass is 140 g/mol. The molecule has 1 saturated carbocycles. The second kappa shape index (κ2) is 2.11. The van der Waals surface area contributed by atoms with Gasteiger partial charge in [0.15, 0.2) is 5.78 Å². The topological polar surface area (TPSA) is 37.3 Å². The van der Waals surface area contributed by atoms with Crippen LogP contribution in [-0.2, 0) is 4.79 Å². The zero-order chi connectivity index (χ0) is 7.78. The van der Waals surface area contributed by atoms with Gasteiger partial charge in [-0.3, -0.25) is 4.79 Å². The summed E-state index contributed by atoms with van der Waals surface area (Å²) in [6.45, 7) is 4.06. The highest BCUT2D eigenvalue weighted by Gasteiger charge is 2.33. The molecule has 0 aromatic rings. The Morgan fingerprint density at radius 2 is 2.10 bits per heavy atom. The van der Waals surface area contributed by atoms with E-state index in [0.717, 1.165) is 6.26 Å². The van der Waals surface area contributed by atoms with Crippen molar-refractivity contribution in [1.82, 2.24) is 0 Å². The quantitative estimate of drug-likeness (QED) is 0.411. The standard InChI is InChI=1S/C8H12O2/c1-8(2)3-6(5-9)7(10)4-8/h5,9H,3-4H2,1-2H3/b6-5-. The highest BCUT2D eigenvalue weighted by atomic mass is 16.2. The Balaban J connectivity index is 2.81. The fourth-order valence-electron chi connectivity index (χ4n) is 1.34. The first-order valence-corrected chi connectivity index (χ1v) is 3.42. The second-order valence-electron chi connectivity index (χ2n) is 3.60. The van der Waals surface area contributed by atoms with Gasteiger partial charge in [-0.05, 0) is 11.8 Å². The number of aliphatic hydroxyl groups is 1. The van der Waals surface area contributed by atoms with Gasteiger partial charge < -0.3 is 5.11 Å². The van der Waals surface area contributed by atoms with Gasteiger partial charge in [0.2, 0.25) is 0 Å². The SMILES string of the molecule is CC1(C)CC(=O)/C(=C\O)C1. The van der Waals surface area contributed by atoms with Crippen LogP contribution in [0.1, 0.15) is 26.7 Å². The third kappa shape index (κ3) is 1.20. The molecule has 0 heterocycles. The van der Waals surface area contributed by atoms with Gasteiger partial charge >= 0.3 is 0 Å². The summed E-state index contributed by atoms with van der Waals surface area (Å²) in [6.07, 6.45) is 2.22. The minimum Gasteiger partial charge on any atom is -0.515 e. The molecule has 0 bridgehead atoms. The lowest BCUT2D eigenvalue weighted by atomic mass is 9.92. The number of allylic oxidation sites excluding steroid dienone is 1. The van der Waals surface area contributed by atoms with E-state index in [1.165, 1.54) is 0 Å². The van der Waals surface area contributed by atoms with Gasteiger partial charge in [0.1, 0.15) is 0 Å². The lowest BCUT2D eigenvalue weighted by Gasteiger charge is -2.12. The summed E-state index contributed by atoms with van der Waals surface area (Å²) in [5, 5.41) is 8.59. The first-order chi connectivity index (χ1) is 4.55. The van der Waals surface area contributed by atoms with E-state index in [-0.39, 0.29) is 11.2 Å². The van der Waals surface area contributed by atoms with Crippen LogP contribution in [0.15, 0.2) is 11.8 Å². The van der Waals surface area contributed by atoms with Crippen LogP contribution in [0.3, 0.4) is 0 Å². The van der Waals surface area contributed by atoms with Gasteiger partial charge in [-0.1, -0.05) is 13.8 Å². The maximum Gasteiger partial charge on any atom is 0.162 e. The van der Waals surface area contributed by atoms with Crippen LogP contribution >= 0.6 is 0 Å². The predicted molar refractivity (Wildman–Crippen MR) is 38.7 cm³/mol. The summed E-state index contributed by atoms with van der Waals surface area (Å²) in [5.41, 5.74) is 0.635. The maximum atomic E-state index is 11.0. The van der Waals surface area contributed by atoms with Crippen LogP contribution in [0.25, 0.3) is 0 Å². The van der Waals surface area contributed by atoms with E-state index < -0.39 is 0 Å². The molecule has 0 aliphatic heterocycles. The molecule has 0 saturated heterocycles. The molecule has 2 heteroatoms. The Bertz CT molecular complexity index is 189. The number of carbonyl (C=O) groups is 1. The fraction of sp³-hybridized carbons (Fsp3) is 0.625. The summed E-state index contributed by atoms with van der Waals surface area (Å²) >= 11 is 0. The van der Waals surface area contributed by atoms with Crippen molar-refractivity contribution in [1.29, 1.82) is 0 Å². The van der Waals surface area contributed by atoms with Gasteiger partial charge in [-0.15, -0.1) is 0 Å². The molecular formula is C8H12O2. The van der Waals surface area contributed by atoms with E-state index in [4.69, 9.17) is 5.11 Å². The number of hydrogen-bond acceptors (Lipinski definition) is 2. The van der Waals surface area contributed by atoms with Crippen molar-refractivity contribution in [2.75, 3.05) is 0 Å². The van der Waals surface area contributed by atoms with Gasteiger partial charge in [-0.25, -0.2) is 0 Å². The molecule has 1 aliphatic carbocycles. The molecule has 0 amide bonds. The number of rotatable bonds is 0. The number of aliphatic hydroxyl groups excluding tert-OH is 1. The average molecular weight is 140 g/mol. The molecule has 0 unspecified atom stereocenters. The van der Waals surface area contributed by atoms with Crippen LogP contribution in [0.2, 0.25) is 0 Å². The predicted octanol–water partition coefficient (Wildman–Crippen LogP) is 1.82. The molecule has 1 rings (SSSR count). The van der Waals surface area contributed by atoms with Crippen molar-refractivity contribution in [2.24, 2.45) is 5.41 Å². The summed E-state index contributed by atoms with van der Waals surface area (Å²) in [7, 11) is 0. The van der Waals surface area contributed by atoms with Crippen molar-refractivity contribution in [2.45, 2.75) is 26.7 Å². The van der Waals surface area contributed by atoms with E-state index in [2.05, 4.69) is 0 Å². The van der Waals surface area contributed by atoms with Crippen LogP contribution in [0.4, 0.5) is 0 Å². The molecule has 10 heavy (non-hydrogen) atoms. The van der Waals surface area contributed by atoms with Gasteiger partial charge in [-0.2, -0.15) is 0 Å². The Hall–Kier alpha value is -0.790. The lowest BCUT2D eigenvalue weighted by Crippen LogP contribution is -2.04. The molecule has 1 fully saturated rings. The van der Waals surface area contributed by atoms with E-state index >= 15 is 0 Å². The number of ketones is 1. The number of Topliss-reactive ketones (excluding diaryl/α,β-unsaturated/α-hetero) is 1. The molecule has 56 valence electrons. The van der Waals surface area contributed by atoms with Crippen molar-refractivity contribution in [3.8, 4) is 0 Å². The van der Waals surface area contributed by atoms with E-state index in [1.807, 2.05) is 13.8 Å². The zero-order valence-electron chi connectivity index (χ0n) is 6.35. The summed E-state index contributed by atoms with van der Waals surface area (Å²) in [6, 6.07) is 0. The first-order valence-electron chi connectivity index (χ1n) is 3.42. The Labute approximate surface area is 60.6 Å². The number of hydrogen-bond donors (Lipinski definition) is 1. The molecule has 0 atom stereocenters. The summed E-state index contributed by atoms with van der Waals surface area (Å²) in [4.78, 5) is 11.0. The molecule has 2 nitrogen and oxygen atoms in total. The van der Waals surface area contributed by atoms with E-state index in [1.54, 1.807) is 0 Å². The Kier molecular flexibility index (Phi) is 1.55. The smallest absolute Gasteiger partial charge is 0.162 e. The van der Waals surface area contributed by atoms with E-state index in [0.29, 0.717) is 18.4 Å². The zero-order valence-corrected chi connectivity index (χ0v) is 6.35. The molecular weight excluding hydrogens is 128 g/mol. The lowest BCUT2D eigenvalue weighted by molar-refractivity contribution is -0.115. The minimum atomic E-state index is 0.0612. The van der Waals surface area contributed by atoms with Gasteiger partial charge in [0.05, 0.1) is 6.26 Å². The summed E-state index contributed by atoms with van der Waals surface area (Å²) in [5.74, 6) is 0.0903. The van der Waals surface area contributed by atoms with Gasteiger partial charge in [0.25, 0.3) is 0 Å². The molecule has 0 aromatic carbocycles. The van der Waals surface area contributed by atoms with Crippen LogP contribution in [0, 0.1) is 5.41 Å². The highest BCUT2D eigenvalue weighted by Crippen LogP contribution is 2.37. The number of carbonyl (C=O) groups excluding carboxylic acids is 1. The molecule has 1 aliphatic rings. The van der Waals surface area contributed by atoms with Crippen molar-refractivity contribution >= 4 is 5.78 Å². The summed E-state index contributed by atoms with van der Waals surface area (Å²) < 4.78 is 0. The third-order valence-electron chi connectivity index (χ3n) is 1.82. The fourth-order valence-corrected chi connectivity index (χ4v) is 1.34. The average Bonchev–Trinajstić information content (AvgIpc) is 2.05. The first kappa shape index (κ1) is 7.32. The van der Waals surface area contributed by atoms with Gasteiger partial charge in [0, 0.05) is 12.0 Å². The maximum absolute atomic E-state index is 11.0. The molecule has 0 spiro atoms. The minimum absolute atomic E-state index is 0.0612.